The fourth-order valence-corrected chi connectivity index (χ4v) is 3.67. The molecule has 0 aliphatic heterocycles. The van der Waals surface area contributed by atoms with Gasteiger partial charge in [0, 0.05) is 22.4 Å². The van der Waals surface area contributed by atoms with Gasteiger partial charge in [-0.1, -0.05) is 18.2 Å². The minimum atomic E-state index is -0.280. The number of fused-ring (bicyclic) bond motifs is 1. The van der Waals surface area contributed by atoms with Crippen LogP contribution in [0.15, 0.2) is 30.3 Å². The molecule has 0 atom stereocenters. The average molecular weight is 245 g/mol. The summed E-state index contributed by atoms with van der Waals surface area (Å²) in [4.78, 5) is 12.5. The van der Waals surface area contributed by atoms with Crippen molar-refractivity contribution in [2.24, 2.45) is 5.73 Å². The van der Waals surface area contributed by atoms with Gasteiger partial charge >= 0.3 is 0 Å². The van der Waals surface area contributed by atoms with Crippen molar-refractivity contribution in [1.82, 2.24) is 0 Å². The Bertz CT molecular complexity index is 529. The standard InChI is InChI=1S/C14H15NOS/c15-14(7-5-11(16)6-8-14)13-9-10-3-1-2-4-12(10)17-13/h1-4,9H,5-8,15H2. The van der Waals surface area contributed by atoms with Crippen LogP contribution in [0.4, 0.5) is 0 Å². The number of ketones is 1. The average Bonchev–Trinajstić information content (AvgIpc) is 2.77. The lowest BCUT2D eigenvalue weighted by atomic mass is 9.81. The molecule has 1 aromatic heterocycles. The first-order valence-electron chi connectivity index (χ1n) is 5.97. The summed E-state index contributed by atoms with van der Waals surface area (Å²) in [5.41, 5.74) is 6.18. The Balaban J connectivity index is 2.00. The first-order valence-corrected chi connectivity index (χ1v) is 6.79. The number of rotatable bonds is 1. The summed E-state index contributed by atoms with van der Waals surface area (Å²) >= 11 is 1.77. The van der Waals surface area contributed by atoms with Crippen LogP contribution < -0.4 is 5.73 Å². The molecule has 1 fully saturated rings. The van der Waals surface area contributed by atoms with Crippen molar-refractivity contribution in [1.29, 1.82) is 0 Å². The second-order valence-corrected chi connectivity index (χ2v) is 5.93. The van der Waals surface area contributed by atoms with Gasteiger partial charge in [0.25, 0.3) is 0 Å². The highest BCUT2D eigenvalue weighted by molar-refractivity contribution is 7.19. The van der Waals surface area contributed by atoms with Crippen LogP contribution in [0.5, 0.6) is 0 Å². The predicted octanol–water partition coefficient (Wildman–Crippen LogP) is 3.20. The third-order valence-corrected chi connectivity index (χ3v) is 4.95. The van der Waals surface area contributed by atoms with Crippen molar-refractivity contribution >= 4 is 27.2 Å². The lowest BCUT2D eigenvalue weighted by molar-refractivity contribution is -0.121. The highest BCUT2D eigenvalue weighted by Crippen LogP contribution is 2.39. The molecule has 3 rings (SSSR count). The molecule has 1 aliphatic carbocycles. The normalized spacial score (nSPS) is 19.7. The van der Waals surface area contributed by atoms with E-state index in [1.165, 1.54) is 15.0 Å². The van der Waals surface area contributed by atoms with E-state index < -0.39 is 0 Å². The van der Waals surface area contributed by atoms with Gasteiger partial charge in [0.15, 0.2) is 0 Å². The van der Waals surface area contributed by atoms with E-state index >= 15 is 0 Å². The molecule has 2 aromatic rings. The molecule has 1 aromatic carbocycles. The SMILES string of the molecule is NC1(c2cc3ccccc3s2)CCC(=O)CC1. The number of Topliss-reactive ketones (excluding diaryl/α,β-unsaturated/α-hetero) is 1. The lowest BCUT2D eigenvalue weighted by Crippen LogP contribution is -2.39. The second kappa shape index (κ2) is 3.93. The number of benzene rings is 1. The van der Waals surface area contributed by atoms with Crippen LogP contribution in [0.1, 0.15) is 30.6 Å². The van der Waals surface area contributed by atoms with Gasteiger partial charge in [0.2, 0.25) is 0 Å². The van der Waals surface area contributed by atoms with Crippen LogP contribution in [0.3, 0.4) is 0 Å². The summed E-state index contributed by atoms with van der Waals surface area (Å²) in [5.74, 6) is 0.354. The zero-order valence-electron chi connectivity index (χ0n) is 9.61. The molecule has 0 unspecified atom stereocenters. The van der Waals surface area contributed by atoms with E-state index in [4.69, 9.17) is 5.73 Å². The summed E-state index contributed by atoms with van der Waals surface area (Å²) in [6.07, 6.45) is 2.84. The Hall–Kier alpha value is -1.19. The zero-order chi connectivity index (χ0) is 11.9. The number of carbonyl (C=O) groups is 1. The molecule has 0 radical (unpaired) electrons. The Morgan fingerprint density at radius 2 is 1.88 bits per heavy atom. The molecule has 0 spiro atoms. The molecule has 2 nitrogen and oxygen atoms in total. The van der Waals surface area contributed by atoms with E-state index in [1.54, 1.807) is 11.3 Å². The molecule has 1 saturated carbocycles. The number of thiophene rings is 1. The summed E-state index contributed by atoms with van der Waals surface area (Å²) in [7, 11) is 0. The van der Waals surface area contributed by atoms with E-state index in [-0.39, 0.29) is 5.54 Å². The first-order chi connectivity index (χ1) is 8.17. The van der Waals surface area contributed by atoms with Gasteiger partial charge in [-0.15, -0.1) is 11.3 Å². The van der Waals surface area contributed by atoms with Gasteiger partial charge in [-0.3, -0.25) is 4.79 Å². The Morgan fingerprint density at radius 3 is 2.59 bits per heavy atom. The molecule has 1 heterocycles. The van der Waals surface area contributed by atoms with Crippen molar-refractivity contribution in [3.8, 4) is 0 Å². The molecular formula is C14H15NOS. The molecule has 0 amide bonds. The number of nitrogens with two attached hydrogens (primary N) is 1. The predicted molar refractivity (Wildman–Crippen MR) is 71.2 cm³/mol. The summed E-state index contributed by atoms with van der Waals surface area (Å²) in [6, 6.07) is 10.5. The lowest BCUT2D eigenvalue weighted by Gasteiger charge is -2.31. The Kier molecular flexibility index (Phi) is 2.53. The van der Waals surface area contributed by atoms with E-state index in [0.29, 0.717) is 18.6 Å². The van der Waals surface area contributed by atoms with Gasteiger partial charge in [-0.2, -0.15) is 0 Å². The van der Waals surface area contributed by atoms with E-state index in [9.17, 15) is 4.79 Å². The highest BCUT2D eigenvalue weighted by atomic mass is 32.1. The molecule has 0 saturated heterocycles. The number of hydrogen-bond donors (Lipinski definition) is 1. The van der Waals surface area contributed by atoms with Crippen LogP contribution in [0, 0.1) is 0 Å². The van der Waals surface area contributed by atoms with Crippen LogP contribution >= 0.6 is 11.3 Å². The Morgan fingerprint density at radius 1 is 1.18 bits per heavy atom. The molecule has 0 bridgehead atoms. The molecule has 2 N–H and O–H groups in total. The quantitative estimate of drug-likeness (QED) is 0.838. The van der Waals surface area contributed by atoms with Gasteiger partial charge in [-0.05, 0) is 30.4 Å². The van der Waals surface area contributed by atoms with Gasteiger partial charge in [0.05, 0.1) is 5.54 Å². The zero-order valence-corrected chi connectivity index (χ0v) is 10.4. The maximum absolute atomic E-state index is 11.3. The minimum Gasteiger partial charge on any atom is -0.321 e. The van der Waals surface area contributed by atoms with Gasteiger partial charge in [0.1, 0.15) is 5.78 Å². The largest absolute Gasteiger partial charge is 0.321 e. The highest BCUT2D eigenvalue weighted by Gasteiger charge is 2.33. The fraction of sp³-hybridized carbons (Fsp3) is 0.357. The van der Waals surface area contributed by atoms with Crippen molar-refractivity contribution in [2.75, 3.05) is 0 Å². The van der Waals surface area contributed by atoms with E-state index in [0.717, 1.165) is 12.8 Å². The van der Waals surface area contributed by atoms with Gasteiger partial charge in [-0.25, -0.2) is 0 Å². The topological polar surface area (TPSA) is 43.1 Å². The summed E-state index contributed by atoms with van der Waals surface area (Å²) in [5, 5.41) is 1.26. The molecule has 17 heavy (non-hydrogen) atoms. The van der Waals surface area contributed by atoms with E-state index in [1.807, 2.05) is 6.07 Å². The molecule has 3 heteroatoms. The minimum absolute atomic E-state index is 0.280. The number of hydrogen-bond acceptors (Lipinski definition) is 3. The van der Waals surface area contributed by atoms with Crippen LogP contribution in [-0.4, -0.2) is 5.78 Å². The van der Waals surface area contributed by atoms with Gasteiger partial charge < -0.3 is 5.73 Å². The van der Waals surface area contributed by atoms with Crippen molar-refractivity contribution in [3.05, 3.63) is 35.2 Å². The molecule has 1 aliphatic rings. The maximum Gasteiger partial charge on any atom is 0.133 e. The molecule has 88 valence electrons. The van der Waals surface area contributed by atoms with Crippen molar-refractivity contribution in [2.45, 2.75) is 31.2 Å². The Labute approximate surface area is 104 Å². The third kappa shape index (κ3) is 1.90. The van der Waals surface area contributed by atoms with Crippen molar-refractivity contribution < 1.29 is 4.79 Å². The summed E-state index contributed by atoms with van der Waals surface area (Å²) in [6.45, 7) is 0. The third-order valence-electron chi connectivity index (χ3n) is 3.62. The van der Waals surface area contributed by atoms with Crippen LogP contribution in [0.2, 0.25) is 0 Å². The van der Waals surface area contributed by atoms with Crippen LogP contribution in [-0.2, 0) is 10.3 Å². The van der Waals surface area contributed by atoms with Crippen LogP contribution in [0.25, 0.3) is 10.1 Å². The summed E-state index contributed by atoms with van der Waals surface area (Å²) < 4.78 is 1.28. The maximum atomic E-state index is 11.3. The number of carbonyl (C=O) groups excluding carboxylic acids is 1. The van der Waals surface area contributed by atoms with Crippen molar-refractivity contribution in [3.63, 3.8) is 0 Å². The molecular weight excluding hydrogens is 230 g/mol. The smallest absolute Gasteiger partial charge is 0.133 e. The van der Waals surface area contributed by atoms with E-state index in [2.05, 4.69) is 24.3 Å². The second-order valence-electron chi connectivity index (χ2n) is 4.84. The fourth-order valence-electron chi connectivity index (χ4n) is 2.45. The monoisotopic (exact) mass is 245 g/mol. The first kappa shape index (κ1) is 10.9.